The molecule has 3 rings (SSSR count). The summed E-state index contributed by atoms with van der Waals surface area (Å²) in [4.78, 5) is 5.63. The standard InChI is InChI=1S/C15H17N3S/c1-11-7-17-15(19-11)9-16-8-12-10-18(2)14-6-4-3-5-13(12)14/h3-7,10,16H,8-9H2,1-2H3. The molecule has 0 radical (unpaired) electrons. The van der Waals surface area contributed by atoms with E-state index >= 15 is 0 Å². The minimum absolute atomic E-state index is 0.835. The van der Waals surface area contributed by atoms with Crippen molar-refractivity contribution in [2.45, 2.75) is 20.0 Å². The second-order valence-electron chi connectivity index (χ2n) is 4.75. The number of nitrogens with one attached hydrogen (secondary N) is 1. The van der Waals surface area contributed by atoms with Crippen LogP contribution in [-0.4, -0.2) is 9.55 Å². The molecule has 2 heterocycles. The molecular formula is C15H17N3S. The first-order chi connectivity index (χ1) is 9.24. The van der Waals surface area contributed by atoms with E-state index in [9.17, 15) is 0 Å². The summed E-state index contributed by atoms with van der Waals surface area (Å²) >= 11 is 1.75. The van der Waals surface area contributed by atoms with Crippen molar-refractivity contribution in [2.75, 3.05) is 0 Å². The average Bonchev–Trinajstić information content (AvgIpc) is 2.96. The molecule has 0 aliphatic heterocycles. The molecule has 0 bridgehead atoms. The van der Waals surface area contributed by atoms with Crippen molar-refractivity contribution in [1.82, 2.24) is 14.9 Å². The molecule has 3 aromatic rings. The van der Waals surface area contributed by atoms with Gasteiger partial charge in [0.1, 0.15) is 5.01 Å². The van der Waals surface area contributed by atoms with Gasteiger partial charge in [0.2, 0.25) is 0 Å². The molecule has 0 aliphatic carbocycles. The third kappa shape index (κ3) is 2.55. The second kappa shape index (κ2) is 5.15. The van der Waals surface area contributed by atoms with E-state index in [1.807, 2.05) is 6.20 Å². The van der Waals surface area contributed by atoms with Gasteiger partial charge in [-0.3, -0.25) is 0 Å². The van der Waals surface area contributed by atoms with Crippen LogP contribution in [0.15, 0.2) is 36.7 Å². The van der Waals surface area contributed by atoms with Crippen LogP contribution >= 0.6 is 11.3 Å². The topological polar surface area (TPSA) is 29.9 Å². The molecule has 0 saturated carbocycles. The van der Waals surface area contributed by atoms with Gasteiger partial charge in [-0.05, 0) is 18.6 Å². The molecule has 0 spiro atoms. The van der Waals surface area contributed by atoms with Crippen LogP contribution in [0.2, 0.25) is 0 Å². The van der Waals surface area contributed by atoms with E-state index in [1.165, 1.54) is 21.3 Å². The zero-order chi connectivity index (χ0) is 13.2. The number of benzene rings is 1. The van der Waals surface area contributed by atoms with E-state index in [0.29, 0.717) is 0 Å². The van der Waals surface area contributed by atoms with Crippen LogP contribution in [-0.2, 0) is 20.1 Å². The average molecular weight is 271 g/mol. The van der Waals surface area contributed by atoms with Gasteiger partial charge in [0.25, 0.3) is 0 Å². The van der Waals surface area contributed by atoms with Gasteiger partial charge < -0.3 is 9.88 Å². The molecular weight excluding hydrogens is 254 g/mol. The predicted octanol–water partition coefficient (Wildman–Crippen LogP) is 3.23. The van der Waals surface area contributed by atoms with Gasteiger partial charge in [-0.2, -0.15) is 0 Å². The Labute approximate surface area is 116 Å². The van der Waals surface area contributed by atoms with Crippen LogP contribution in [0.4, 0.5) is 0 Å². The second-order valence-corrected chi connectivity index (χ2v) is 6.07. The summed E-state index contributed by atoms with van der Waals surface area (Å²) in [6, 6.07) is 8.51. The molecule has 0 amide bonds. The molecule has 0 fully saturated rings. The summed E-state index contributed by atoms with van der Waals surface area (Å²) in [5.41, 5.74) is 2.62. The van der Waals surface area contributed by atoms with Crippen molar-refractivity contribution in [1.29, 1.82) is 0 Å². The maximum absolute atomic E-state index is 4.37. The summed E-state index contributed by atoms with van der Waals surface area (Å²) in [5, 5.41) is 5.95. The normalized spacial score (nSPS) is 11.3. The zero-order valence-electron chi connectivity index (χ0n) is 11.2. The lowest BCUT2D eigenvalue weighted by Gasteiger charge is -2.01. The molecule has 0 saturated heterocycles. The third-order valence-electron chi connectivity index (χ3n) is 3.24. The molecule has 4 heteroatoms. The van der Waals surface area contributed by atoms with Gasteiger partial charge in [-0.1, -0.05) is 18.2 Å². The van der Waals surface area contributed by atoms with Crippen LogP contribution in [0.3, 0.4) is 0 Å². The third-order valence-corrected chi connectivity index (χ3v) is 4.15. The Morgan fingerprint density at radius 2 is 2.11 bits per heavy atom. The summed E-state index contributed by atoms with van der Waals surface area (Å²) in [7, 11) is 2.09. The molecule has 0 atom stereocenters. The first-order valence-corrected chi connectivity index (χ1v) is 7.20. The lowest BCUT2D eigenvalue weighted by molar-refractivity contribution is 0.691. The van der Waals surface area contributed by atoms with Crippen molar-refractivity contribution in [2.24, 2.45) is 7.05 Å². The number of fused-ring (bicyclic) bond motifs is 1. The Balaban J connectivity index is 1.72. The summed E-state index contributed by atoms with van der Waals surface area (Å²) in [5.74, 6) is 0. The first-order valence-electron chi connectivity index (χ1n) is 6.39. The maximum atomic E-state index is 4.37. The quantitative estimate of drug-likeness (QED) is 0.789. The Morgan fingerprint density at radius 1 is 1.26 bits per heavy atom. The van der Waals surface area contributed by atoms with Crippen molar-refractivity contribution < 1.29 is 0 Å². The molecule has 3 nitrogen and oxygen atoms in total. The van der Waals surface area contributed by atoms with E-state index in [4.69, 9.17) is 0 Å². The molecule has 1 N–H and O–H groups in total. The smallest absolute Gasteiger partial charge is 0.107 e. The van der Waals surface area contributed by atoms with E-state index < -0.39 is 0 Å². The van der Waals surface area contributed by atoms with Gasteiger partial charge in [0, 0.05) is 48.3 Å². The number of aromatic nitrogens is 2. The number of nitrogens with zero attached hydrogens (tertiary/aromatic N) is 2. The molecule has 0 unspecified atom stereocenters. The minimum atomic E-state index is 0.835. The number of hydrogen-bond acceptors (Lipinski definition) is 3. The highest BCUT2D eigenvalue weighted by atomic mass is 32.1. The zero-order valence-corrected chi connectivity index (χ0v) is 12.0. The van der Waals surface area contributed by atoms with Gasteiger partial charge >= 0.3 is 0 Å². The number of aryl methyl sites for hydroxylation is 2. The Bertz CT molecular complexity index is 696. The van der Waals surface area contributed by atoms with E-state index in [2.05, 4.69) is 59.3 Å². The number of thiazole rings is 1. The van der Waals surface area contributed by atoms with Gasteiger partial charge in [0.05, 0.1) is 0 Å². The van der Waals surface area contributed by atoms with E-state index in [-0.39, 0.29) is 0 Å². The fraction of sp³-hybridized carbons (Fsp3) is 0.267. The minimum Gasteiger partial charge on any atom is -0.350 e. The highest BCUT2D eigenvalue weighted by Crippen LogP contribution is 2.20. The highest BCUT2D eigenvalue weighted by Gasteiger charge is 2.05. The Hall–Kier alpha value is -1.65. The summed E-state index contributed by atoms with van der Waals surface area (Å²) in [6.45, 7) is 3.80. The molecule has 2 aromatic heterocycles. The van der Waals surface area contributed by atoms with Crippen molar-refractivity contribution >= 4 is 22.2 Å². The van der Waals surface area contributed by atoms with Crippen LogP contribution in [0.25, 0.3) is 10.9 Å². The van der Waals surface area contributed by atoms with Crippen LogP contribution in [0.1, 0.15) is 15.4 Å². The van der Waals surface area contributed by atoms with Gasteiger partial charge in [-0.15, -0.1) is 11.3 Å². The van der Waals surface area contributed by atoms with Crippen molar-refractivity contribution in [3.63, 3.8) is 0 Å². The number of hydrogen-bond donors (Lipinski definition) is 1. The van der Waals surface area contributed by atoms with Crippen LogP contribution in [0, 0.1) is 6.92 Å². The molecule has 0 aliphatic rings. The predicted molar refractivity (Wildman–Crippen MR) is 80.3 cm³/mol. The summed E-state index contributed by atoms with van der Waals surface area (Å²) < 4.78 is 2.18. The maximum Gasteiger partial charge on any atom is 0.107 e. The fourth-order valence-corrected chi connectivity index (χ4v) is 3.11. The van der Waals surface area contributed by atoms with Crippen molar-refractivity contribution in [3.8, 4) is 0 Å². The lowest BCUT2D eigenvalue weighted by atomic mass is 10.2. The SMILES string of the molecule is Cc1cnc(CNCc2cn(C)c3ccccc23)s1. The lowest BCUT2D eigenvalue weighted by Crippen LogP contribution is -2.12. The molecule has 19 heavy (non-hydrogen) atoms. The Kier molecular flexibility index (Phi) is 3.36. The van der Waals surface area contributed by atoms with Crippen LogP contribution in [0.5, 0.6) is 0 Å². The number of rotatable bonds is 4. The van der Waals surface area contributed by atoms with Crippen LogP contribution < -0.4 is 5.32 Å². The van der Waals surface area contributed by atoms with E-state index in [0.717, 1.165) is 18.1 Å². The van der Waals surface area contributed by atoms with Gasteiger partial charge in [0.15, 0.2) is 0 Å². The first kappa shape index (κ1) is 12.4. The van der Waals surface area contributed by atoms with Gasteiger partial charge in [-0.25, -0.2) is 4.98 Å². The number of para-hydroxylation sites is 1. The molecule has 1 aromatic carbocycles. The monoisotopic (exact) mass is 271 g/mol. The largest absolute Gasteiger partial charge is 0.350 e. The fourth-order valence-electron chi connectivity index (χ4n) is 2.35. The summed E-state index contributed by atoms with van der Waals surface area (Å²) in [6.07, 6.45) is 4.13. The molecule has 98 valence electrons. The Morgan fingerprint density at radius 3 is 2.89 bits per heavy atom. The van der Waals surface area contributed by atoms with E-state index in [1.54, 1.807) is 11.3 Å². The highest BCUT2D eigenvalue weighted by molar-refractivity contribution is 7.11. The van der Waals surface area contributed by atoms with Crippen molar-refractivity contribution in [3.05, 3.63) is 52.1 Å².